The molecule has 0 radical (unpaired) electrons. The first-order valence-electron chi connectivity index (χ1n) is 4.59. The van der Waals surface area contributed by atoms with Gasteiger partial charge in [-0.1, -0.05) is 0 Å². The van der Waals surface area contributed by atoms with Crippen molar-refractivity contribution in [1.82, 2.24) is 10.2 Å². The molecule has 0 atom stereocenters. The van der Waals surface area contributed by atoms with Gasteiger partial charge in [-0.3, -0.25) is 4.79 Å². The maximum atomic E-state index is 10.7. The van der Waals surface area contributed by atoms with Gasteiger partial charge in [-0.05, 0) is 19.1 Å². The number of carbonyl (C=O) groups excluding carboxylic acids is 1. The number of rotatable bonds is 2. The number of aromatic nitrogens is 2. The smallest absolute Gasteiger partial charge is 0.269 e. The minimum Gasteiger partial charge on any atom is -0.386 e. The van der Waals surface area contributed by atoms with E-state index in [9.17, 15) is 9.90 Å². The van der Waals surface area contributed by atoms with E-state index in [-0.39, 0.29) is 5.69 Å². The number of hydrogen-bond donors (Lipinski definition) is 2. The molecule has 6 nitrogen and oxygen atoms in total. The van der Waals surface area contributed by atoms with Crippen molar-refractivity contribution >= 4 is 11.7 Å². The molecule has 1 amide bonds. The van der Waals surface area contributed by atoms with Crippen LogP contribution in [0.15, 0.2) is 12.1 Å². The van der Waals surface area contributed by atoms with Crippen LogP contribution in [0.5, 0.6) is 0 Å². The highest BCUT2D eigenvalue weighted by molar-refractivity contribution is 5.90. The highest BCUT2D eigenvalue weighted by Gasteiger charge is 2.37. The number of aliphatic hydroxyl groups is 1. The molecule has 0 aromatic carbocycles. The molecule has 1 aromatic heterocycles. The van der Waals surface area contributed by atoms with E-state index in [1.165, 1.54) is 6.07 Å². The Morgan fingerprint density at radius 1 is 1.53 bits per heavy atom. The number of hydrogen-bond acceptors (Lipinski definition) is 5. The second kappa shape index (κ2) is 3.16. The zero-order valence-corrected chi connectivity index (χ0v) is 8.34. The van der Waals surface area contributed by atoms with Gasteiger partial charge in [0.25, 0.3) is 5.91 Å². The Morgan fingerprint density at radius 2 is 2.20 bits per heavy atom. The van der Waals surface area contributed by atoms with Gasteiger partial charge in [0.05, 0.1) is 5.60 Å². The van der Waals surface area contributed by atoms with Gasteiger partial charge in [0.15, 0.2) is 11.5 Å². The van der Waals surface area contributed by atoms with Crippen molar-refractivity contribution in [2.75, 3.05) is 18.0 Å². The van der Waals surface area contributed by atoms with Crippen LogP contribution in [0.2, 0.25) is 0 Å². The monoisotopic (exact) mass is 208 g/mol. The average molecular weight is 208 g/mol. The number of amides is 1. The fourth-order valence-corrected chi connectivity index (χ4v) is 1.56. The van der Waals surface area contributed by atoms with Crippen LogP contribution in [-0.2, 0) is 0 Å². The molecule has 2 rings (SSSR count). The summed E-state index contributed by atoms with van der Waals surface area (Å²) in [7, 11) is 0. The van der Waals surface area contributed by atoms with Gasteiger partial charge in [-0.2, -0.15) is 0 Å². The Bertz CT molecular complexity index is 380. The van der Waals surface area contributed by atoms with Gasteiger partial charge in [-0.15, -0.1) is 10.2 Å². The van der Waals surface area contributed by atoms with Crippen molar-refractivity contribution in [3.8, 4) is 0 Å². The first-order chi connectivity index (χ1) is 6.98. The fraction of sp³-hybridized carbons (Fsp3) is 0.444. The van der Waals surface area contributed by atoms with E-state index in [4.69, 9.17) is 5.73 Å². The van der Waals surface area contributed by atoms with Gasteiger partial charge in [0.2, 0.25) is 0 Å². The molecular weight excluding hydrogens is 196 g/mol. The van der Waals surface area contributed by atoms with Crippen molar-refractivity contribution in [3.63, 3.8) is 0 Å². The second-order valence-electron chi connectivity index (χ2n) is 3.99. The lowest BCUT2D eigenvalue weighted by Gasteiger charge is -2.44. The van der Waals surface area contributed by atoms with Gasteiger partial charge in [0.1, 0.15) is 0 Å². The van der Waals surface area contributed by atoms with Crippen LogP contribution in [-0.4, -0.2) is 39.9 Å². The first-order valence-corrected chi connectivity index (χ1v) is 4.59. The quantitative estimate of drug-likeness (QED) is 0.660. The van der Waals surface area contributed by atoms with Crippen LogP contribution in [0.1, 0.15) is 17.4 Å². The number of anilines is 1. The van der Waals surface area contributed by atoms with E-state index in [0.29, 0.717) is 18.9 Å². The molecule has 0 aliphatic carbocycles. The van der Waals surface area contributed by atoms with Crippen LogP contribution in [0, 0.1) is 0 Å². The van der Waals surface area contributed by atoms with Crippen molar-refractivity contribution in [2.24, 2.45) is 5.73 Å². The Labute approximate surface area is 86.7 Å². The molecule has 15 heavy (non-hydrogen) atoms. The summed E-state index contributed by atoms with van der Waals surface area (Å²) in [4.78, 5) is 12.6. The van der Waals surface area contributed by atoms with E-state index in [2.05, 4.69) is 10.2 Å². The fourth-order valence-electron chi connectivity index (χ4n) is 1.56. The number of nitrogens with zero attached hydrogens (tertiary/aromatic N) is 3. The van der Waals surface area contributed by atoms with Crippen LogP contribution < -0.4 is 10.6 Å². The summed E-state index contributed by atoms with van der Waals surface area (Å²) in [5.41, 5.74) is 4.53. The van der Waals surface area contributed by atoms with E-state index < -0.39 is 11.5 Å². The maximum Gasteiger partial charge on any atom is 0.269 e. The normalized spacial score (nSPS) is 18.4. The standard InChI is InChI=1S/C9H12N4O2/c1-9(15)4-13(5-9)7-3-2-6(8(10)14)11-12-7/h2-3,15H,4-5H2,1H3,(H2,10,14). The van der Waals surface area contributed by atoms with Gasteiger partial charge in [-0.25, -0.2) is 0 Å². The van der Waals surface area contributed by atoms with Crippen molar-refractivity contribution in [2.45, 2.75) is 12.5 Å². The average Bonchev–Trinajstić information content (AvgIpc) is 2.14. The molecule has 80 valence electrons. The van der Waals surface area contributed by atoms with Crippen LogP contribution in [0.3, 0.4) is 0 Å². The summed E-state index contributed by atoms with van der Waals surface area (Å²) in [5.74, 6) is 0.0520. The highest BCUT2D eigenvalue weighted by Crippen LogP contribution is 2.24. The van der Waals surface area contributed by atoms with E-state index in [0.717, 1.165) is 0 Å². The maximum absolute atomic E-state index is 10.7. The molecule has 0 bridgehead atoms. The lowest BCUT2D eigenvalue weighted by molar-refractivity contribution is 0.0304. The molecule has 0 spiro atoms. The van der Waals surface area contributed by atoms with Crippen LogP contribution >= 0.6 is 0 Å². The van der Waals surface area contributed by atoms with E-state index >= 15 is 0 Å². The Balaban J connectivity index is 2.09. The minimum atomic E-state index is -0.649. The predicted octanol–water partition coefficient (Wildman–Crippen LogP) is -0.853. The number of primary amides is 1. The summed E-state index contributed by atoms with van der Waals surface area (Å²) >= 11 is 0. The van der Waals surface area contributed by atoms with Crippen molar-refractivity contribution in [3.05, 3.63) is 17.8 Å². The summed E-state index contributed by atoms with van der Waals surface area (Å²) in [6.07, 6.45) is 0. The summed E-state index contributed by atoms with van der Waals surface area (Å²) in [5, 5.41) is 17.1. The summed E-state index contributed by atoms with van der Waals surface area (Å²) < 4.78 is 0. The molecule has 0 unspecified atom stereocenters. The molecule has 2 heterocycles. The molecular formula is C9H12N4O2. The second-order valence-corrected chi connectivity index (χ2v) is 3.99. The molecule has 1 saturated heterocycles. The lowest BCUT2D eigenvalue weighted by atomic mass is 9.97. The Kier molecular flexibility index (Phi) is 2.08. The number of β-amino-alcohol motifs (C(OH)–C–C–N with tert-alkyl or cyclic N) is 1. The summed E-state index contributed by atoms with van der Waals surface area (Å²) in [6, 6.07) is 3.19. The molecule has 6 heteroatoms. The zero-order valence-electron chi connectivity index (χ0n) is 8.34. The highest BCUT2D eigenvalue weighted by atomic mass is 16.3. The lowest BCUT2D eigenvalue weighted by Crippen LogP contribution is -2.60. The molecule has 1 aliphatic rings. The minimum absolute atomic E-state index is 0.144. The van der Waals surface area contributed by atoms with Gasteiger partial charge < -0.3 is 15.7 Å². The number of nitrogens with two attached hydrogens (primary N) is 1. The van der Waals surface area contributed by atoms with Gasteiger partial charge >= 0.3 is 0 Å². The molecule has 1 fully saturated rings. The molecule has 0 saturated carbocycles. The third-order valence-electron chi connectivity index (χ3n) is 2.29. The number of carbonyl (C=O) groups is 1. The third-order valence-corrected chi connectivity index (χ3v) is 2.29. The Hall–Kier alpha value is -1.69. The SMILES string of the molecule is CC1(O)CN(c2ccc(C(N)=O)nn2)C1. The zero-order chi connectivity index (χ0) is 11.1. The first kappa shape index (κ1) is 9.85. The van der Waals surface area contributed by atoms with E-state index in [1.54, 1.807) is 13.0 Å². The van der Waals surface area contributed by atoms with Crippen molar-refractivity contribution in [1.29, 1.82) is 0 Å². The predicted molar refractivity (Wildman–Crippen MR) is 53.4 cm³/mol. The molecule has 1 aliphatic heterocycles. The largest absolute Gasteiger partial charge is 0.386 e. The molecule has 1 aromatic rings. The van der Waals surface area contributed by atoms with Gasteiger partial charge in [0, 0.05) is 13.1 Å². The van der Waals surface area contributed by atoms with Crippen LogP contribution in [0.25, 0.3) is 0 Å². The topological polar surface area (TPSA) is 92.3 Å². The van der Waals surface area contributed by atoms with Crippen molar-refractivity contribution < 1.29 is 9.90 Å². The third kappa shape index (κ3) is 1.89. The summed E-state index contributed by atoms with van der Waals surface area (Å²) in [6.45, 7) is 2.81. The Morgan fingerprint density at radius 3 is 2.60 bits per heavy atom. The van der Waals surface area contributed by atoms with Crippen LogP contribution in [0.4, 0.5) is 5.82 Å². The van der Waals surface area contributed by atoms with E-state index in [1.807, 2.05) is 4.90 Å². The molecule has 3 N–H and O–H groups in total.